The summed E-state index contributed by atoms with van der Waals surface area (Å²) in [6, 6.07) is 9.33. The Labute approximate surface area is 164 Å². The van der Waals surface area contributed by atoms with Crippen LogP contribution in [0.2, 0.25) is 0 Å². The molecule has 10 heteroatoms. The molecule has 29 heavy (non-hydrogen) atoms. The number of ether oxygens (including phenoxy) is 1. The molecule has 148 valence electrons. The van der Waals surface area contributed by atoms with Crippen molar-refractivity contribution >= 4 is 12.1 Å². The molecule has 0 unspecified atom stereocenters. The lowest BCUT2D eigenvalue weighted by atomic mass is 10.2. The summed E-state index contributed by atoms with van der Waals surface area (Å²) >= 11 is 0. The first-order valence-electron chi connectivity index (χ1n) is 8.56. The summed E-state index contributed by atoms with van der Waals surface area (Å²) < 4.78 is 6.24. The zero-order valence-electron chi connectivity index (χ0n) is 15.3. The van der Waals surface area contributed by atoms with E-state index in [0.717, 1.165) is 10.8 Å². The van der Waals surface area contributed by atoms with Gasteiger partial charge in [-0.05, 0) is 43.3 Å². The van der Waals surface area contributed by atoms with Crippen molar-refractivity contribution in [3.8, 4) is 17.3 Å². The van der Waals surface area contributed by atoms with E-state index in [0.29, 0.717) is 23.6 Å². The molecule has 0 bridgehead atoms. The molecule has 0 spiro atoms. The van der Waals surface area contributed by atoms with Crippen molar-refractivity contribution < 1.29 is 14.6 Å². The first-order chi connectivity index (χ1) is 14.0. The number of aromatic amines is 1. The molecular formula is C19H17N5O5. The number of hydrazone groups is 1. The molecule has 0 aliphatic heterocycles. The van der Waals surface area contributed by atoms with Crippen LogP contribution >= 0.6 is 0 Å². The minimum absolute atomic E-state index is 0.298. The second kappa shape index (κ2) is 8.65. The van der Waals surface area contributed by atoms with E-state index in [1.165, 1.54) is 24.5 Å². The summed E-state index contributed by atoms with van der Waals surface area (Å²) in [5.41, 5.74) is 0.882. The summed E-state index contributed by atoms with van der Waals surface area (Å²) in [7, 11) is 0. The molecule has 0 saturated carbocycles. The fraction of sp³-hybridized carbons (Fsp3) is 0.105. The average molecular weight is 395 g/mol. The van der Waals surface area contributed by atoms with Crippen molar-refractivity contribution in [3.05, 3.63) is 80.8 Å². The van der Waals surface area contributed by atoms with Gasteiger partial charge in [0.25, 0.3) is 11.5 Å². The molecule has 3 N–H and O–H groups in total. The van der Waals surface area contributed by atoms with Gasteiger partial charge in [0.1, 0.15) is 11.3 Å². The quantitative estimate of drug-likeness (QED) is 0.417. The normalized spacial score (nSPS) is 10.8. The molecule has 0 radical (unpaired) electrons. The molecule has 2 heterocycles. The van der Waals surface area contributed by atoms with E-state index >= 15 is 0 Å². The Morgan fingerprint density at radius 2 is 1.93 bits per heavy atom. The molecule has 0 atom stereocenters. The Morgan fingerprint density at radius 1 is 1.24 bits per heavy atom. The minimum Gasteiger partial charge on any atom is -0.494 e. The smallest absolute Gasteiger partial charge is 0.335 e. The molecule has 1 amide bonds. The molecule has 0 saturated heterocycles. The Kier molecular flexibility index (Phi) is 5.83. The lowest BCUT2D eigenvalue weighted by Crippen LogP contribution is -2.31. The van der Waals surface area contributed by atoms with Crippen molar-refractivity contribution in [2.75, 3.05) is 6.61 Å². The van der Waals surface area contributed by atoms with Crippen molar-refractivity contribution in [1.29, 1.82) is 0 Å². The number of hydrogen-bond donors (Lipinski definition) is 3. The number of carbonyl (C=O) groups is 1. The highest BCUT2D eigenvalue weighted by Crippen LogP contribution is 2.18. The third kappa shape index (κ3) is 4.38. The van der Waals surface area contributed by atoms with Crippen molar-refractivity contribution in [3.63, 3.8) is 0 Å². The van der Waals surface area contributed by atoms with Crippen LogP contribution in [0.3, 0.4) is 0 Å². The van der Waals surface area contributed by atoms with E-state index < -0.39 is 23.0 Å². The maximum absolute atomic E-state index is 12.2. The van der Waals surface area contributed by atoms with Crippen LogP contribution in [0.1, 0.15) is 22.8 Å². The fourth-order valence-corrected chi connectivity index (χ4v) is 2.48. The van der Waals surface area contributed by atoms with E-state index in [2.05, 4.69) is 20.5 Å². The molecule has 3 aromatic rings. The number of H-pyrrole nitrogens is 1. The second-order valence-corrected chi connectivity index (χ2v) is 5.69. The van der Waals surface area contributed by atoms with Crippen LogP contribution in [0.15, 0.2) is 63.5 Å². The van der Waals surface area contributed by atoms with Gasteiger partial charge in [-0.3, -0.25) is 19.6 Å². The maximum atomic E-state index is 12.2. The van der Waals surface area contributed by atoms with Crippen LogP contribution < -0.4 is 21.4 Å². The van der Waals surface area contributed by atoms with E-state index in [4.69, 9.17) is 4.74 Å². The molecule has 0 aliphatic carbocycles. The number of aromatic nitrogens is 3. The molecule has 10 nitrogen and oxygen atoms in total. The van der Waals surface area contributed by atoms with E-state index in [1.807, 2.05) is 6.92 Å². The summed E-state index contributed by atoms with van der Waals surface area (Å²) in [6.45, 7) is 2.32. The van der Waals surface area contributed by atoms with Gasteiger partial charge in [0.2, 0.25) is 5.88 Å². The SMILES string of the molecule is CCOc1ccc(-n2c(O)c(C=NNC(=O)c3ccncc3)c(=O)[nH]c2=O)cc1. The van der Waals surface area contributed by atoms with Crippen LogP contribution in [-0.2, 0) is 0 Å². The third-order valence-corrected chi connectivity index (χ3v) is 3.83. The largest absolute Gasteiger partial charge is 0.494 e. The Hall–Kier alpha value is -4.21. The molecule has 0 aliphatic rings. The van der Waals surface area contributed by atoms with E-state index in [-0.39, 0.29) is 5.56 Å². The number of carbonyl (C=O) groups excluding carboxylic acids is 1. The van der Waals surface area contributed by atoms with Gasteiger partial charge in [-0.25, -0.2) is 14.8 Å². The van der Waals surface area contributed by atoms with Gasteiger partial charge in [-0.15, -0.1) is 0 Å². The highest BCUT2D eigenvalue weighted by atomic mass is 16.5. The van der Waals surface area contributed by atoms with Gasteiger partial charge in [-0.2, -0.15) is 5.10 Å². The molecule has 1 aromatic carbocycles. The number of rotatable bonds is 6. The van der Waals surface area contributed by atoms with Gasteiger partial charge in [0.05, 0.1) is 18.5 Å². The lowest BCUT2D eigenvalue weighted by molar-refractivity contribution is 0.0955. The molecule has 2 aromatic heterocycles. The highest BCUT2D eigenvalue weighted by Gasteiger charge is 2.14. The van der Waals surface area contributed by atoms with Crippen molar-refractivity contribution in [2.24, 2.45) is 5.10 Å². The predicted octanol–water partition coefficient (Wildman–Crippen LogP) is 0.789. The van der Waals surface area contributed by atoms with Gasteiger partial charge >= 0.3 is 5.69 Å². The highest BCUT2D eigenvalue weighted by molar-refractivity contribution is 5.94. The van der Waals surface area contributed by atoms with Crippen LogP contribution in [0, 0.1) is 0 Å². The van der Waals surface area contributed by atoms with Gasteiger partial charge in [0.15, 0.2) is 0 Å². The minimum atomic E-state index is -0.850. The Bertz CT molecular complexity index is 1150. The average Bonchev–Trinajstić information content (AvgIpc) is 2.72. The van der Waals surface area contributed by atoms with Crippen LogP contribution in [0.25, 0.3) is 5.69 Å². The second-order valence-electron chi connectivity index (χ2n) is 5.69. The fourth-order valence-electron chi connectivity index (χ4n) is 2.48. The predicted molar refractivity (Wildman–Crippen MR) is 105 cm³/mol. The van der Waals surface area contributed by atoms with Crippen molar-refractivity contribution in [2.45, 2.75) is 6.92 Å². The summed E-state index contributed by atoms with van der Waals surface area (Å²) in [5.74, 6) is -0.557. The maximum Gasteiger partial charge on any atom is 0.335 e. The van der Waals surface area contributed by atoms with Crippen LogP contribution in [0.4, 0.5) is 0 Å². The third-order valence-electron chi connectivity index (χ3n) is 3.83. The topological polar surface area (TPSA) is 139 Å². The Balaban J connectivity index is 1.90. The van der Waals surface area contributed by atoms with E-state index in [9.17, 15) is 19.5 Å². The monoisotopic (exact) mass is 395 g/mol. The van der Waals surface area contributed by atoms with Gasteiger partial charge in [0, 0.05) is 18.0 Å². The van der Waals surface area contributed by atoms with Crippen LogP contribution in [0.5, 0.6) is 11.6 Å². The zero-order chi connectivity index (χ0) is 20.8. The number of pyridine rings is 1. The lowest BCUT2D eigenvalue weighted by Gasteiger charge is -2.10. The van der Waals surface area contributed by atoms with Crippen LogP contribution in [-0.4, -0.2) is 38.4 Å². The number of amides is 1. The molecule has 3 rings (SSSR count). The number of benzene rings is 1. The Morgan fingerprint density at radius 3 is 2.59 bits per heavy atom. The molecular weight excluding hydrogens is 378 g/mol. The zero-order valence-corrected chi connectivity index (χ0v) is 15.3. The first-order valence-corrected chi connectivity index (χ1v) is 8.56. The van der Waals surface area contributed by atoms with Crippen molar-refractivity contribution in [1.82, 2.24) is 20.0 Å². The van der Waals surface area contributed by atoms with Gasteiger partial charge < -0.3 is 9.84 Å². The van der Waals surface area contributed by atoms with E-state index in [1.54, 1.807) is 24.3 Å². The number of nitrogens with one attached hydrogen (secondary N) is 2. The standard InChI is InChI=1S/C19H17N5O5/c1-2-29-14-5-3-13(4-6-14)24-18(27)15(17(26)22-19(24)28)11-21-23-16(25)12-7-9-20-10-8-12/h3-11,27H,2H2,1H3,(H,23,25)(H,22,26,28). The summed E-state index contributed by atoms with van der Waals surface area (Å²) in [6.07, 6.45) is 3.85. The number of hydrogen-bond acceptors (Lipinski definition) is 7. The summed E-state index contributed by atoms with van der Waals surface area (Å²) in [5, 5.41) is 14.1. The first kappa shape index (κ1) is 19.5. The number of nitrogens with zero attached hydrogens (tertiary/aromatic N) is 3. The number of aromatic hydroxyl groups is 1. The summed E-state index contributed by atoms with van der Waals surface area (Å²) in [4.78, 5) is 42.1. The van der Waals surface area contributed by atoms with Gasteiger partial charge in [-0.1, -0.05) is 0 Å². The molecule has 0 fully saturated rings.